The van der Waals surface area contributed by atoms with E-state index in [0.717, 1.165) is 24.2 Å². The third-order valence-electron chi connectivity index (χ3n) is 4.44. The Morgan fingerprint density at radius 3 is 2.53 bits per heavy atom. The van der Waals surface area contributed by atoms with Gasteiger partial charge in [0.1, 0.15) is 0 Å². The Bertz CT molecular complexity index is 408. The summed E-state index contributed by atoms with van der Waals surface area (Å²) in [5.74, 6) is 0.522. The van der Waals surface area contributed by atoms with E-state index in [-0.39, 0.29) is 0 Å². The van der Waals surface area contributed by atoms with Gasteiger partial charge in [0.25, 0.3) is 0 Å². The molecule has 0 bridgehead atoms. The van der Waals surface area contributed by atoms with E-state index in [1.807, 2.05) is 0 Å². The van der Waals surface area contributed by atoms with Crippen molar-refractivity contribution in [2.75, 3.05) is 0 Å². The van der Waals surface area contributed by atoms with Crippen LogP contribution in [0.4, 0.5) is 0 Å². The van der Waals surface area contributed by atoms with Gasteiger partial charge in [0.15, 0.2) is 11.4 Å². The minimum absolute atomic E-state index is 0.522. The van der Waals surface area contributed by atoms with Gasteiger partial charge in [-0.05, 0) is 38.2 Å². The number of nitrogens with zero attached hydrogens (tertiary/aromatic N) is 1. The molecule has 0 unspecified atom stereocenters. The molecule has 0 aliphatic heterocycles. The third kappa shape index (κ3) is 2.05. The van der Waals surface area contributed by atoms with Crippen LogP contribution in [0.25, 0.3) is 0 Å². The molecule has 1 heterocycles. The molecule has 1 aromatic heterocycles. The molecule has 17 heavy (non-hydrogen) atoms. The quantitative estimate of drug-likeness (QED) is 0.538. The van der Waals surface area contributed by atoms with E-state index in [2.05, 4.69) is 12.1 Å². The largest absolute Gasteiger partial charge is 0.618 e. The van der Waals surface area contributed by atoms with Crippen molar-refractivity contribution in [2.24, 2.45) is 0 Å². The molecule has 2 aliphatic rings. The lowest BCUT2D eigenvalue weighted by Gasteiger charge is -2.23. The molecular weight excluding hydrogens is 210 g/mol. The van der Waals surface area contributed by atoms with Gasteiger partial charge < -0.3 is 5.21 Å². The molecule has 1 aromatic rings. The summed E-state index contributed by atoms with van der Waals surface area (Å²) in [7, 11) is 0. The number of aromatic nitrogens is 1. The molecule has 0 radical (unpaired) electrons. The summed E-state index contributed by atoms with van der Waals surface area (Å²) in [5.41, 5.74) is 3.41. The van der Waals surface area contributed by atoms with E-state index < -0.39 is 0 Å². The first-order chi connectivity index (χ1) is 8.36. The lowest BCUT2D eigenvalue weighted by Crippen LogP contribution is -2.40. The van der Waals surface area contributed by atoms with Gasteiger partial charge >= 0.3 is 0 Å². The van der Waals surface area contributed by atoms with Gasteiger partial charge in [-0.1, -0.05) is 19.3 Å². The maximum atomic E-state index is 12.4. The standard InChI is InChI=1S/C15H21NO/c17-16-14-9-5-4-8-13(14)10-11-15(16)12-6-2-1-3-7-12/h10-12H,1-9H2. The fraction of sp³-hybridized carbons (Fsp3) is 0.667. The predicted molar refractivity (Wildman–Crippen MR) is 67.9 cm³/mol. The van der Waals surface area contributed by atoms with Crippen LogP contribution in [0.2, 0.25) is 0 Å². The minimum atomic E-state index is 0.522. The average molecular weight is 231 g/mol. The summed E-state index contributed by atoms with van der Waals surface area (Å²) in [5, 5.41) is 12.4. The summed E-state index contributed by atoms with van der Waals surface area (Å²) in [6, 6.07) is 4.32. The van der Waals surface area contributed by atoms with E-state index in [1.54, 1.807) is 0 Å². The summed E-state index contributed by atoms with van der Waals surface area (Å²) in [6.45, 7) is 0. The lowest BCUT2D eigenvalue weighted by atomic mass is 9.85. The highest BCUT2D eigenvalue weighted by molar-refractivity contribution is 5.22. The van der Waals surface area contributed by atoms with Crippen molar-refractivity contribution in [1.82, 2.24) is 0 Å². The van der Waals surface area contributed by atoms with Crippen LogP contribution in [0.3, 0.4) is 0 Å². The second-order valence-electron chi connectivity index (χ2n) is 5.57. The second kappa shape index (κ2) is 4.67. The van der Waals surface area contributed by atoms with E-state index in [4.69, 9.17) is 0 Å². The molecule has 0 N–H and O–H groups in total. The smallest absolute Gasteiger partial charge is 0.196 e. The fourth-order valence-corrected chi connectivity index (χ4v) is 3.43. The Balaban J connectivity index is 1.94. The molecule has 2 nitrogen and oxygen atoms in total. The van der Waals surface area contributed by atoms with Crippen molar-refractivity contribution in [3.8, 4) is 0 Å². The highest BCUT2D eigenvalue weighted by atomic mass is 16.5. The van der Waals surface area contributed by atoms with Crippen LogP contribution in [-0.4, -0.2) is 0 Å². The number of aryl methyl sites for hydroxylation is 1. The molecule has 3 rings (SSSR count). The highest BCUT2D eigenvalue weighted by Gasteiger charge is 2.26. The highest BCUT2D eigenvalue weighted by Crippen LogP contribution is 2.32. The fourth-order valence-electron chi connectivity index (χ4n) is 3.43. The van der Waals surface area contributed by atoms with E-state index >= 15 is 0 Å². The van der Waals surface area contributed by atoms with Crippen LogP contribution in [-0.2, 0) is 12.8 Å². The van der Waals surface area contributed by atoms with Gasteiger partial charge in [0.2, 0.25) is 0 Å². The van der Waals surface area contributed by atoms with Crippen molar-refractivity contribution in [2.45, 2.75) is 63.7 Å². The number of pyridine rings is 1. The van der Waals surface area contributed by atoms with Crippen molar-refractivity contribution in [3.05, 3.63) is 34.3 Å². The van der Waals surface area contributed by atoms with E-state index in [0.29, 0.717) is 5.92 Å². The molecule has 0 aromatic carbocycles. The Morgan fingerprint density at radius 2 is 1.71 bits per heavy atom. The van der Waals surface area contributed by atoms with Crippen LogP contribution < -0.4 is 4.73 Å². The zero-order chi connectivity index (χ0) is 11.7. The summed E-state index contributed by atoms with van der Waals surface area (Å²) in [6.07, 6.45) is 10.9. The maximum absolute atomic E-state index is 12.4. The van der Waals surface area contributed by atoms with Crippen molar-refractivity contribution >= 4 is 0 Å². The van der Waals surface area contributed by atoms with Gasteiger partial charge in [-0.2, -0.15) is 4.73 Å². The first kappa shape index (κ1) is 11.1. The van der Waals surface area contributed by atoms with Crippen molar-refractivity contribution in [1.29, 1.82) is 0 Å². The molecule has 2 aliphatic carbocycles. The Hall–Kier alpha value is -1.05. The first-order valence-electron chi connectivity index (χ1n) is 7.10. The summed E-state index contributed by atoms with van der Waals surface area (Å²) < 4.78 is 1.28. The average Bonchev–Trinajstić information content (AvgIpc) is 2.40. The van der Waals surface area contributed by atoms with Crippen LogP contribution in [0, 0.1) is 5.21 Å². The molecule has 92 valence electrons. The first-order valence-corrected chi connectivity index (χ1v) is 7.10. The monoisotopic (exact) mass is 231 g/mol. The number of hydrogen-bond acceptors (Lipinski definition) is 1. The van der Waals surface area contributed by atoms with Gasteiger partial charge in [-0.3, -0.25) is 0 Å². The minimum Gasteiger partial charge on any atom is -0.618 e. The van der Waals surface area contributed by atoms with Crippen LogP contribution in [0.5, 0.6) is 0 Å². The molecular formula is C15H21NO. The molecule has 1 fully saturated rings. The maximum Gasteiger partial charge on any atom is 0.196 e. The Labute approximate surface area is 103 Å². The molecule has 0 atom stereocenters. The van der Waals surface area contributed by atoms with E-state index in [9.17, 15) is 5.21 Å². The SMILES string of the molecule is [O-][n+]1c(C2CCCCC2)ccc2c1CCCC2. The number of fused-ring (bicyclic) bond motifs is 1. The number of hydrogen-bond donors (Lipinski definition) is 0. The molecule has 2 heteroatoms. The van der Waals surface area contributed by atoms with Crippen molar-refractivity contribution < 1.29 is 4.73 Å². The molecule has 0 saturated heterocycles. The second-order valence-corrected chi connectivity index (χ2v) is 5.57. The van der Waals surface area contributed by atoms with Gasteiger partial charge in [-0.25, -0.2) is 0 Å². The molecule has 1 saturated carbocycles. The summed E-state index contributed by atoms with van der Waals surface area (Å²) in [4.78, 5) is 0. The topological polar surface area (TPSA) is 26.9 Å². The van der Waals surface area contributed by atoms with Crippen LogP contribution in [0.1, 0.15) is 67.8 Å². The van der Waals surface area contributed by atoms with Crippen LogP contribution >= 0.6 is 0 Å². The Kier molecular flexibility index (Phi) is 3.04. The molecule has 0 amide bonds. The number of rotatable bonds is 1. The zero-order valence-corrected chi connectivity index (χ0v) is 10.5. The predicted octanol–water partition coefficient (Wildman–Crippen LogP) is 3.25. The third-order valence-corrected chi connectivity index (χ3v) is 4.44. The summed E-state index contributed by atoms with van der Waals surface area (Å²) >= 11 is 0. The normalized spacial score (nSPS) is 21.2. The van der Waals surface area contributed by atoms with Crippen molar-refractivity contribution in [3.63, 3.8) is 0 Å². The lowest BCUT2D eigenvalue weighted by molar-refractivity contribution is -0.625. The van der Waals surface area contributed by atoms with Gasteiger partial charge in [0.05, 0.1) is 0 Å². The molecule has 0 spiro atoms. The van der Waals surface area contributed by atoms with Crippen LogP contribution in [0.15, 0.2) is 12.1 Å². The Morgan fingerprint density at radius 1 is 0.941 bits per heavy atom. The van der Waals surface area contributed by atoms with Gasteiger partial charge in [-0.15, -0.1) is 0 Å². The van der Waals surface area contributed by atoms with Gasteiger partial charge in [0, 0.05) is 24.0 Å². The zero-order valence-electron chi connectivity index (χ0n) is 10.5. The van der Waals surface area contributed by atoms with E-state index in [1.165, 1.54) is 55.2 Å².